The molecule has 1 aliphatic heterocycles. The molecule has 1 aliphatic rings. The maximum atomic E-state index is 6.72. The first-order valence-corrected chi connectivity index (χ1v) is 20.9. The number of amidine groups is 2. The third-order valence-corrected chi connectivity index (χ3v) is 11.9. The summed E-state index contributed by atoms with van der Waals surface area (Å²) in [6.07, 6.45) is -0.557. The van der Waals surface area contributed by atoms with Gasteiger partial charge in [-0.1, -0.05) is 146 Å². The molecule has 292 valence electrons. The fourth-order valence-corrected chi connectivity index (χ4v) is 8.87. The van der Waals surface area contributed by atoms with Crippen LogP contribution in [0, 0.1) is 0 Å². The SMILES string of the molecule is c1ccc(-c2cccc(C3=NC(c4cccc5oc6cc(-c7cc(-c8ccccc8)cc(-c8ccccc8)c7)ccc6c45)N=C(c4ccc5oc6ccccc6c5c4)N3)c2)cc1. The van der Waals surface area contributed by atoms with Gasteiger partial charge in [0, 0.05) is 38.2 Å². The molecule has 3 heterocycles. The lowest BCUT2D eigenvalue weighted by molar-refractivity contribution is 0.667. The zero-order valence-electron chi connectivity index (χ0n) is 33.5. The van der Waals surface area contributed by atoms with E-state index in [1.165, 1.54) is 11.1 Å². The van der Waals surface area contributed by atoms with E-state index in [0.29, 0.717) is 0 Å². The van der Waals surface area contributed by atoms with Crippen molar-refractivity contribution in [1.29, 1.82) is 0 Å². The Kier molecular flexibility index (Phi) is 8.49. The number of fused-ring (bicyclic) bond motifs is 6. The van der Waals surface area contributed by atoms with Gasteiger partial charge in [0.2, 0.25) is 0 Å². The van der Waals surface area contributed by atoms with Crippen molar-refractivity contribution in [1.82, 2.24) is 5.32 Å². The van der Waals surface area contributed by atoms with Gasteiger partial charge in [-0.15, -0.1) is 0 Å². The third-order valence-electron chi connectivity index (χ3n) is 11.9. The lowest BCUT2D eigenvalue weighted by atomic mass is 9.93. The zero-order valence-corrected chi connectivity index (χ0v) is 33.5. The van der Waals surface area contributed by atoms with Gasteiger partial charge in [0.25, 0.3) is 0 Å². The number of aliphatic imine (C=N–C) groups is 2. The van der Waals surface area contributed by atoms with Crippen LogP contribution in [-0.2, 0) is 0 Å². The Balaban J connectivity index is 0.998. The number of benzene rings is 9. The van der Waals surface area contributed by atoms with Crippen molar-refractivity contribution in [2.45, 2.75) is 6.17 Å². The summed E-state index contributed by atoms with van der Waals surface area (Å²) in [5, 5.41) is 7.78. The highest BCUT2D eigenvalue weighted by atomic mass is 16.3. The van der Waals surface area contributed by atoms with Crippen LogP contribution in [0.15, 0.2) is 231 Å². The van der Waals surface area contributed by atoms with Crippen LogP contribution in [0.3, 0.4) is 0 Å². The Morgan fingerprint density at radius 3 is 1.50 bits per heavy atom. The lowest BCUT2D eigenvalue weighted by Gasteiger charge is -2.23. The van der Waals surface area contributed by atoms with Crippen LogP contribution in [0.1, 0.15) is 22.9 Å². The van der Waals surface area contributed by atoms with Crippen LogP contribution < -0.4 is 5.32 Å². The highest BCUT2D eigenvalue weighted by molar-refractivity contribution is 6.18. The van der Waals surface area contributed by atoms with Gasteiger partial charge < -0.3 is 14.2 Å². The molecule has 11 aromatic rings. The van der Waals surface area contributed by atoms with Crippen molar-refractivity contribution in [3.8, 4) is 44.5 Å². The van der Waals surface area contributed by atoms with E-state index < -0.39 is 6.17 Å². The molecule has 0 saturated heterocycles. The second-order valence-electron chi connectivity index (χ2n) is 15.8. The van der Waals surface area contributed by atoms with Gasteiger partial charge in [0.15, 0.2) is 6.17 Å². The van der Waals surface area contributed by atoms with Crippen molar-refractivity contribution in [2.75, 3.05) is 0 Å². The minimum Gasteiger partial charge on any atom is -0.456 e. The molecule has 1 atom stereocenters. The van der Waals surface area contributed by atoms with Crippen molar-refractivity contribution in [3.05, 3.63) is 229 Å². The van der Waals surface area contributed by atoms with E-state index >= 15 is 0 Å². The number of hydrogen-bond acceptors (Lipinski definition) is 5. The van der Waals surface area contributed by atoms with Gasteiger partial charge >= 0.3 is 0 Å². The van der Waals surface area contributed by atoms with Crippen LogP contribution in [0.5, 0.6) is 0 Å². The molecule has 0 spiro atoms. The number of rotatable bonds is 7. The van der Waals surface area contributed by atoms with Gasteiger partial charge in [-0.05, 0) is 111 Å². The molecular weight excluding hydrogens is 759 g/mol. The van der Waals surface area contributed by atoms with Crippen LogP contribution in [0.2, 0.25) is 0 Å². The van der Waals surface area contributed by atoms with E-state index in [4.69, 9.17) is 18.8 Å². The molecule has 0 fully saturated rings. The molecule has 5 nitrogen and oxygen atoms in total. The molecule has 12 rings (SSSR count). The first-order chi connectivity index (χ1) is 30.7. The summed E-state index contributed by atoms with van der Waals surface area (Å²) in [6, 6.07) is 74.1. The maximum Gasteiger partial charge on any atom is 0.170 e. The Hall–Kier alpha value is -8.28. The molecule has 1 N–H and O–H groups in total. The van der Waals surface area contributed by atoms with Crippen molar-refractivity contribution < 1.29 is 8.83 Å². The van der Waals surface area contributed by atoms with Crippen LogP contribution in [0.25, 0.3) is 88.4 Å². The van der Waals surface area contributed by atoms with E-state index in [-0.39, 0.29) is 0 Å². The summed E-state index contributed by atoms with van der Waals surface area (Å²) >= 11 is 0. The topological polar surface area (TPSA) is 63.0 Å². The van der Waals surface area contributed by atoms with Gasteiger partial charge in [0.1, 0.15) is 34.0 Å². The normalized spacial score (nSPS) is 14.0. The minimum absolute atomic E-state index is 0.557. The fraction of sp³-hybridized carbons (Fsp3) is 0.0175. The lowest BCUT2D eigenvalue weighted by Crippen LogP contribution is -2.36. The molecule has 2 aromatic heterocycles. The monoisotopic (exact) mass is 795 g/mol. The predicted molar refractivity (Wildman–Crippen MR) is 255 cm³/mol. The Morgan fingerprint density at radius 1 is 0.306 bits per heavy atom. The van der Waals surface area contributed by atoms with E-state index in [1.807, 2.05) is 42.5 Å². The number of nitrogens with one attached hydrogen (secondary N) is 1. The molecule has 0 bridgehead atoms. The Morgan fingerprint density at radius 2 is 0.790 bits per heavy atom. The van der Waals surface area contributed by atoms with Gasteiger partial charge in [-0.2, -0.15) is 0 Å². The summed E-state index contributed by atoms with van der Waals surface area (Å²) in [4.78, 5) is 10.7. The van der Waals surface area contributed by atoms with Gasteiger partial charge in [-0.3, -0.25) is 0 Å². The quantitative estimate of drug-likeness (QED) is 0.175. The van der Waals surface area contributed by atoms with Crippen molar-refractivity contribution in [2.24, 2.45) is 9.98 Å². The average molecular weight is 796 g/mol. The summed E-state index contributed by atoms with van der Waals surface area (Å²) < 4.78 is 12.9. The van der Waals surface area contributed by atoms with Gasteiger partial charge in [0.05, 0.1) is 0 Å². The number of furan rings is 2. The minimum atomic E-state index is -0.557. The zero-order chi connectivity index (χ0) is 41.0. The number of para-hydroxylation sites is 1. The molecular formula is C57H37N3O2. The van der Waals surface area contributed by atoms with E-state index in [9.17, 15) is 0 Å². The van der Waals surface area contributed by atoms with Crippen molar-refractivity contribution >= 4 is 55.5 Å². The Bertz CT molecular complexity index is 3490. The smallest absolute Gasteiger partial charge is 0.170 e. The second-order valence-corrected chi connectivity index (χ2v) is 15.8. The largest absolute Gasteiger partial charge is 0.456 e. The molecule has 0 amide bonds. The van der Waals surface area contributed by atoms with Crippen LogP contribution in [0.4, 0.5) is 0 Å². The summed E-state index contributed by atoms with van der Waals surface area (Å²) in [6.45, 7) is 0. The first-order valence-electron chi connectivity index (χ1n) is 20.9. The maximum absolute atomic E-state index is 6.72. The molecule has 1 unspecified atom stereocenters. The van der Waals surface area contributed by atoms with Crippen molar-refractivity contribution in [3.63, 3.8) is 0 Å². The third kappa shape index (κ3) is 6.35. The predicted octanol–water partition coefficient (Wildman–Crippen LogP) is 14.6. The molecule has 5 heteroatoms. The summed E-state index contributed by atoms with van der Waals surface area (Å²) in [7, 11) is 0. The highest BCUT2D eigenvalue weighted by Gasteiger charge is 2.25. The average Bonchev–Trinajstić information content (AvgIpc) is 3.92. The summed E-state index contributed by atoms with van der Waals surface area (Å²) in [5.41, 5.74) is 15.3. The Labute approximate surface area is 358 Å². The fourth-order valence-electron chi connectivity index (χ4n) is 8.87. The highest BCUT2D eigenvalue weighted by Crippen LogP contribution is 2.40. The molecule has 0 saturated carbocycles. The number of nitrogens with zero attached hydrogens (tertiary/aromatic N) is 2. The van der Waals surface area contributed by atoms with Crippen LogP contribution >= 0.6 is 0 Å². The van der Waals surface area contributed by atoms with E-state index in [2.05, 4.69) is 175 Å². The molecule has 9 aromatic carbocycles. The molecule has 0 aliphatic carbocycles. The second kappa shape index (κ2) is 14.8. The standard InChI is InChI=1S/C57H37N3O2/c1-4-14-36(15-5-1)39-20-12-21-41(30-39)55-58-56(42-27-29-51-49(34-42)46-22-10-11-24-50(46)61-51)60-57(59-55)48-23-13-25-52-54(48)47-28-26-40(35-53(47)62-52)45-32-43(37-16-6-2-7-17-37)31-44(33-45)38-18-8-3-9-19-38/h1-35,57H,(H,58,59,60). The molecule has 62 heavy (non-hydrogen) atoms. The summed E-state index contributed by atoms with van der Waals surface area (Å²) in [5.74, 6) is 1.48. The van der Waals surface area contributed by atoms with E-state index in [0.717, 1.165) is 106 Å². The number of hydrogen-bond donors (Lipinski definition) is 1. The van der Waals surface area contributed by atoms with Crippen LogP contribution in [-0.4, -0.2) is 11.7 Å². The molecule has 0 radical (unpaired) electrons. The van der Waals surface area contributed by atoms with Gasteiger partial charge in [-0.25, -0.2) is 9.98 Å². The first kappa shape index (κ1) is 35.6. The van der Waals surface area contributed by atoms with E-state index in [1.54, 1.807) is 0 Å².